The zero-order valence-corrected chi connectivity index (χ0v) is 12.4. The average molecular weight is 305 g/mol. The van der Waals surface area contributed by atoms with Gasteiger partial charge in [0.1, 0.15) is 10.6 Å². The second-order valence-electron chi connectivity index (χ2n) is 5.07. The van der Waals surface area contributed by atoms with Crippen LogP contribution in [0.2, 0.25) is 0 Å². The third-order valence-electron chi connectivity index (χ3n) is 3.68. The van der Waals surface area contributed by atoms with Crippen molar-refractivity contribution in [1.29, 1.82) is 0 Å². The molecule has 0 N–H and O–H groups in total. The van der Waals surface area contributed by atoms with Crippen molar-refractivity contribution >= 4 is 33.2 Å². The van der Waals surface area contributed by atoms with E-state index in [2.05, 4.69) is 17.1 Å². The second kappa shape index (κ2) is 4.86. The monoisotopic (exact) mass is 304 g/mol. The van der Waals surface area contributed by atoms with E-state index in [0.29, 0.717) is 17.5 Å². The van der Waals surface area contributed by atoms with Crippen LogP contribution in [0.3, 0.4) is 0 Å². The van der Waals surface area contributed by atoms with Crippen LogP contribution in [-0.4, -0.2) is 9.97 Å². The molecular weight excluding hydrogens is 292 g/mol. The Morgan fingerprint density at radius 1 is 1.25 bits per heavy atom. The Morgan fingerprint density at radius 2 is 2.15 bits per heavy atom. The van der Waals surface area contributed by atoms with E-state index in [4.69, 9.17) is 21.0 Å². The van der Waals surface area contributed by atoms with Gasteiger partial charge in [0.05, 0.1) is 17.0 Å². The first kappa shape index (κ1) is 12.4. The van der Waals surface area contributed by atoms with Crippen LogP contribution >= 0.6 is 22.9 Å². The number of halogens is 1. The lowest BCUT2D eigenvalue weighted by Gasteiger charge is -2.13. The highest BCUT2D eigenvalue weighted by Gasteiger charge is 2.15. The lowest BCUT2D eigenvalue weighted by molar-refractivity contribution is 0.539. The molecule has 3 nitrogen and oxygen atoms in total. The van der Waals surface area contributed by atoms with Gasteiger partial charge in [-0.2, -0.15) is 0 Å². The Hall–Kier alpha value is -1.39. The van der Waals surface area contributed by atoms with Gasteiger partial charge in [-0.15, -0.1) is 22.9 Å². The van der Waals surface area contributed by atoms with Crippen LogP contribution in [0.15, 0.2) is 22.7 Å². The molecule has 0 aromatic carbocycles. The van der Waals surface area contributed by atoms with Crippen molar-refractivity contribution in [3.63, 3.8) is 0 Å². The van der Waals surface area contributed by atoms with Gasteiger partial charge in [-0.25, -0.2) is 9.97 Å². The van der Waals surface area contributed by atoms with Crippen LogP contribution in [0.4, 0.5) is 0 Å². The fraction of sp³-hybridized carbons (Fsp3) is 0.333. The fourth-order valence-electron chi connectivity index (χ4n) is 2.68. The summed E-state index contributed by atoms with van der Waals surface area (Å²) in [5.74, 6) is 1.69. The van der Waals surface area contributed by atoms with E-state index >= 15 is 0 Å². The highest BCUT2D eigenvalue weighted by atomic mass is 35.5. The van der Waals surface area contributed by atoms with E-state index in [-0.39, 0.29) is 0 Å². The molecule has 0 saturated carbocycles. The van der Waals surface area contributed by atoms with Crippen molar-refractivity contribution < 1.29 is 4.42 Å². The first-order valence-corrected chi connectivity index (χ1v) is 8.12. The Labute approximate surface area is 125 Å². The van der Waals surface area contributed by atoms with E-state index in [1.54, 1.807) is 17.5 Å². The van der Waals surface area contributed by atoms with Gasteiger partial charge in [0.2, 0.25) is 5.89 Å². The molecule has 0 bridgehead atoms. The molecule has 0 radical (unpaired) electrons. The lowest BCUT2D eigenvalue weighted by atomic mass is 9.96. The molecule has 1 aliphatic rings. The molecular formula is C15H13ClN2OS. The van der Waals surface area contributed by atoms with Crippen molar-refractivity contribution in [1.82, 2.24) is 9.97 Å². The molecule has 4 rings (SSSR count). The number of hydrogen-bond acceptors (Lipinski definition) is 4. The van der Waals surface area contributed by atoms with E-state index in [1.165, 1.54) is 29.5 Å². The standard InChI is InChI=1S/C15H13ClN2OS/c16-7-11-8-17-14(19-11)13-6-10-5-9-3-1-2-4-12(9)18-15(10)20-13/h5-6,8H,1-4,7H2. The number of nitrogens with zero attached hydrogens (tertiary/aromatic N) is 2. The average Bonchev–Trinajstić information content (AvgIpc) is 3.10. The van der Waals surface area contributed by atoms with Gasteiger partial charge < -0.3 is 4.42 Å². The summed E-state index contributed by atoms with van der Waals surface area (Å²) in [7, 11) is 0. The first-order chi connectivity index (χ1) is 9.83. The van der Waals surface area contributed by atoms with Gasteiger partial charge in [-0.3, -0.25) is 0 Å². The summed E-state index contributed by atoms with van der Waals surface area (Å²) in [6.07, 6.45) is 6.47. The Kier molecular flexibility index (Phi) is 3.00. The van der Waals surface area contributed by atoms with Gasteiger partial charge in [-0.05, 0) is 43.4 Å². The fourth-order valence-corrected chi connectivity index (χ4v) is 3.77. The topological polar surface area (TPSA) is 38.9 Å². The molecule has 0 unspecified atom stereocenters. The second-order valence-corrected chi connectivity index (χ2v) is 6.37. The van der Waals surface area contributed by atoms with E-state index in [0.717, 1.165) is 22.5 Å². The molecule has 102 valence electrons. The highest BCUT2D eigenvalue weighted by molar-refractivity contribution is 7.21. The molecule has 0 atom stereocenters. The van der Waals surface area contributed by atoms with Crippen molar-refractivity contribution in [2.24, 2.45) is 0 Å². The Balaban J connectivity index is 1.81. The third-order valence-corrected chi connectivity index (χ3v) is 4.98. The number of oxazole rings is 1. The quantitative estimate of drug-likeness (QED) is 0.651. The minimum absolute atomic E-state index is 0.352. The van der Waals surface area contributed by atoms with E-state index < -0.39 is 0 Å². The predicted octanol–water partition coefficient (Wildman–Crippen LogP) is 4.57. The zero-order chi connectivity index (χ0) is 13.5. The largest absolute Gasteiger partial charge is 0.439 e. The summed E-state index contributed by atoms with van der Waals surface area (Å²) in [5, 5.41) is 1.19. The zero-order valence-electron chi connectivity index (χ0n) is 10.9. The summed E-state index contributed by atoms with van der Waals surface area (Å²) >= 11 is 7.39. The number of thiophene rings is 1. The van der Waals surface area contributed by atoms with Gasteiger partial charge in [0.25, 0.3) is 0 Å². The third kappa shape index (κ3) is 2.03. The van der Waals surface area contributed by atoms with Crippen LogP contribution in [0.5, 0.6) is 0 Å². The normalized spacial score (nSPS) is 14.7. The maximum Gasteiger partial charge on any atom is 0.236 e. The summed E-state index contributed by atoms with van der Waals surface area (Å²) in [5.41, 5.74) is 2.67. The van der Waals surface area contributed by atoms with Gasteiger partial charge in [-0.1, -0.05) is 0 Å². The molecule has 20 heavy (non-hydrogen) atoms. The molecule has 0 spiro atoms. The van der Waals surface area contributed by atoms with E-state index in [1.807, 2.05) is 0 Å². The molecule has 1 aliphatic carbocycles. The highest BCUT2D eigenvalue weighted by Crippen LogP contribution is 2.34. The lowest BCUT2D eigenvalue weighted by Crippen LogP contribution is -2.04. The van der Waals surface area contributed by atoms with Gasteiger partial charge in [0.15, 0.2) is 0 Å². The minimum Gasteiger partial charge on any atom is -0.439 e. The van der Waals surface area contributed by atoms with Crippen molar-refractivity contribution in [3.8, 4) is 10.8 Å². The maximum atomic E-state index is 5.75. The minimum atomic E-state index is 0.352. The first-order valence-electron chi connectivity index (χ1n) is 6.77. The number of aryl methyl sites for hydroxylation is 2. The number of fused-ring (bicyclic) bond motifs is 2. The molecule has 5 heteroatoms. The summed E-state index contributed by atoms with van der Waals surface area (Å²) in [6, 6.07) is 4.40. The summed E-state index contributed by atoms with van der Waals surface area (Å²) < 4.78 is 5.61. The van der Waals surface area contributed by atoms with E-state index in [9.17, 15) is 0 Å². The molecule has 3 aromatic rings. The Bertz CT molecular complexity index is 734. The van der Waals surface area contributed by atoms with Crippen LogP contribution in [0, 0.1) is 0 Å². The van der Waals surface area contributed by atoms with Crippen LogP contribution in [-0.2, 0) is 18.7 Å². The molecule has 0 aliphatic heterocycles. The number of alkyl halides is 1. The van der Waals surface area contributed by atoms with Crippen LogP contribution in [0.25, 0.3) is 21.0 Å². The Morgan fingerprint density at radius 3 is 3.00 bits per heavy atom. The molecule has 0 fully saturated rings. The SMILES string of the molecule is ClCc1cnc(-c2cc3cc4c(nc3s2)CCCC4)o1. The number of hydrogen-bond donors (Lipinski definition) is 0. The predicted molar refractivity (Wildman–Crippen MR) is 81.3 cm³/mol. The van der Waals surface area contributed by atoms with Crippen molar-refractivity contribution in [3.05, 3.63) is 35.3 Å². The smallest absolute Gasteiger partial charge is 0.236 e. The van der Waals surface area contributed by atoms with Gasteiger partial charge >= 0.3 is 0 Å². The van der Waals surface area contributed by atoms with Crippen molar-refractivity contribution in [2.75, 3.05) is 0 Å². The molecule has 3 heterocycles. The summed E-state index contributed by atoms with van der Waals surface area (Å²) in [6.45, 7) is 0. The summed E-state index contributed by atoms with van der Waals surface area (Å²) in [4.78, 5) is 11.2. The van der Waals surface area contributed by atoms with Crippen LogP contribution in [0.1, 0.15) is 29.9 Å². The van der Waals surface area contributed by atoms with Gasteiger partial charge in [0, 0.05) is 11.1 Å². The number of aromatic nitrogens is 2. The molecule has 3 aromatic heterocycles. The molecule has 0 amide bonds. The molecule has 0 saturated heterocycles. The van der Waals surface area contributed by atoms with Crippen molar-refractivity contribution in [2.45, 2.75) is 31.6 Å². The number of pyridine rings is 1. The number of rotatable bonds is 2. The van der Waals surface area contributed by atoms with Crippen LogP contribution < -0.4 is 0 Å². The maximum absolute atomic E-state index is 5.75.